The summed E-state index contributed by atoms with van der Waals surface area (Å²) in [5.74, 6) is -0.428. The third-order valence-electron chi connectivity index (χ3n) is 2.83. The maximum atomic E-state index is 11.9. The van der Waals surface area contributed by atoms with Crippen LogP contribution in [-0.2, 0) is 11.3 Å². The van der Waals surface area contributed by atoms with Gasteiger partial charge in [0.05, 0.1) is 11.1 Å². The van der Waals surface area contributed by atoms with Gasteiger partial charge >= 0.3 is 0 Å². The van der Waals surface area contributed by atoms with Gasteiger partial charge in [0.15, 0.2) is 0 Å². The molecule has 0 aliphatic rings. The maximum Gasteiger partial charge on any atom is 0.286 e. The topological polar surface area (TPSA) is 94.2 Å². The third kappa shape index (κ3) is 3.53. The van der Waals surface area contributed by atoms with Gasteiger partial charge in [-0.05, 0) is 19.1 Å². The van der Waals surface area contributed by atoms with E-state index in [1.807, 2.05) is 6.07 Å². The van der Waals surface area contributed by atoms with E-state index in [0.29, 0.717) is 5.69 Å². The molecule has 0 atom stereocenters. The molecule has 0 fully saturated rings. The molecule has 0 aliphatic carbocycles. The number of carbonyl (C=O) groups excluding carboxylic acids is 1. The highest BCUT2D eigenvalue weighted by atomic mass is 16.6. The SMILES string of the molecule is Cc1cc([N+](=O)[O-])cn(CC(=O)Nc2ccccc2)c1=O. The number of benzene rings is 1. The Kier molecular flexibility index (Phi) is 4.13. The van der Waals surface area contributed by atoms with Crippen LogP contribution >= 0.6 is 0 Å². The number of nitrogens with one attached hydrogen (secondary N) is 1. The fraction of sp³-hybridized carbons (Fsp3) is 0.143. The molecule has 108 valence electrons. The Morgan fingerprint density at radius 1 is 1.33 bits per heavy atom. The van der Waals surface area contributed by atoms with Gasteiger partial charge in [-0.1, -0.05) is 18.2 Å². The van der Waals surface area contributed by atoms with Crippen LogP contribution < -0.4 is 10.9 Å². The molecule has 1 aromatic heterocycles. The van der Waals surface area contributed by atoms with E-state index >= 15 is 0 Å². The first kappa shape index (κ1) is 14.4. The molecule has 1 amide bonds. The summed E-state index contributed by atoms with van der Waals surface area (Å²) >= 11 is 0. The summed E-state index contributed by atoms with van der Waals surface area (Å²) in [4.78, 5) is 34.0. The van der Waals surface area contributed by atoms with Crippen molar-refractivity contribution in [1.29, 1.82) is 0 Å². The van der Waals surface area contributed by atoms with E-state index in [0.717, 1.165) is 10.8 Å². The fourth-order valence-corrected chi connectivity index (χ4v) is 1.86. The van der Waals surface area contributed by atoms with E-state index in [1.165, 1.54) is 13.0 Å². The van der Waals surface area contributed by atoms with Gasteiger partial charge in [0.25, 0.3) is 11.2 Å². The first-order valence-corrected chi connectivity index (χ1v) is 6.18. The van der Waals surface area contributed by atoms with E-state index in [9.17, 15) is 19.7 Å². The summed E-state index contributed by atoms with van der Waals surface area (Å²) in [6.07, 6.45) is 1.07. The average Bonchev–Trinajstić information content (AvgIpc) is 2.44. The second-order valence-electron chi connectivity index (χ2n) is 4.49. The van der Waals surface area contributed by atoms with Gasteiger partial charge < -0.3 is 5.32 Å². The number of aromatic nitrogens is 1. The van der Waals surface area contributed by atoms with Crippen LogP contribution in [0.3, 0.4) is 0 Å². The average molecular weight is 287 g/mol. The van der Waals surface area contributed by atoms with E-state index in [2.05, 4.69) is 5.32 Å². The molecule has 7 heteroatoms. The van der Waals surface area contributed by atoms with E-state index in [4.69, 9.17) is 0 Å². The van der Waals surface area contributed by atoms with Gasteiger partial charge in [0.2, 0.25) is 5.91 Å². The first-order chi connectivity index (χ1) is 9.97. The van der Waals surface area contributed by atoms with Crippen LogP contribution in [0.2, 0.25) is 0 Å². The van der Waals surface area contributed by atoms with E-state index < -0.39 is 16.4 Å². The van der Waals surface area contributed by atoms with Crippen LogP contribution in [0, 0.1) is 17.0 Å². The lowest BCUT2D eigenvalue weighted by molar-refractivity contribution is -0.385. The summed E-state index contributed by atoms with van der Waals surface area (Å²) < 4.78 is 1.03. The predicted octanol–water partition coefficient (Wildman–Crippen LogP) is 1.70. The lowest BCUT2D eigenvalue weighted by atomic mass is 10.3. The van der Waals surface area contributed by atoms with Gasteiger partial charge in [-0.15, -0.1) is 0 Å². The van der Waals surface area contributed by atoms with Crippen molar-refractivity contribution < 1.29 is 9.72 Å². The molecular formula is C14H13N3O4. The molecule has 1 heterocycles. The molecule has 7 nitrogen and oxygen atoms in total. The number of hydrogen-bond acceptors (Lipinski definition) is 4. The van der Waals surface area contributed by atoms with Crippen molar-refractivity contribution in [2.24, 2.45) is 0 Å². The lowest BCUT2D eigenvalue weighted by Gasteiger charge is -2.08. The Balaban J connectivity index is 2.21. The number of pyridine rings is 1. The number of carbonyl (C=O) groups is 1. The molecular weight excluding hydrogens is 274 g/mol. The molecule has 0 unspecified atom stereocenters. The molecule has 2 rings (SSSR count). The molecule has 0 radical (unpaired) electrons. The van der Waals surface area contributed by atoms with Crippen LogP contribution in [0.1, 0.15) is 5.56 Å². The molecule has 2 aromatic rings. The summed E-state index contributed by atoms with van der Waals surface area (Å²) in [5.41, 5.74) is 0.165. The molecule has 1 N–H and O–H groups in total. The van der Waals surface area contributed by atoms with Crippen LogP contribution in [0.5, 0.6) is 0 Å². The Hall–Kier alpha value is -2.96. The highest BCUT2D eigenvalue weighted by molar-refractivity contribution is 5.90. The number of nitro groups is 1. The van der Waals surface area contributed by atoms with Crippen molar-refractivity contribution in [3.8, 4) is 0 Å². The minimum absolute atomic E-state index is 0.219. The number of nitrogens with zero attached hydrogens (tertiary/aromatic N) is 2. The Bertz CT molecular complexity index is 738. The summed E-state index contributed by atoms with van der Waals surface area (Å²) in [5, 5.41) is 13.4. The minimum atomic E-state index is -0.599. The summed E-state index contributed by atoms with van der Waals surface area (Å²) in [6, 6.07) is 9.94. The number of rotatable bonds is 4. The van der Waals surface area contributed by atoms with Crippen LogP contribution in [0.15, 0.2) is 47.4 Å². The van der Waals surface area contributed by atoms with Crippen LogP contribution in [0.25, 0.3) is 0 Å². The van der Waals surface area contributed by atoms with Gasteiger partial charge in [-0.25, -0.2) is 0 Å². The van der Waals surface area contributed by atoms with Crippen LogP contribution in [0.4, 0.5) is 11.4 Å². The van der Waals surface area contributed by atoms with Gasteiger partial charge in [-0.3, -0.25) is 24.3 Å². The van der Waals surface area contributed by atoms with Crippen molar-refractivity contribution in [3.63, 3.8) is 0 Å². The molecule has 1 aromatic carbocycles. The number of anilines is 1. The molecule has 0 saturated carbocycles. The first-order valence-electron chi connectivity index (χ1n) is 6.18. The largest absolute Gasteiger partial charge is 0.325 e. The number of amides is 1. The second-order valence-corrected chi connectivity index (χ2v) is 4.49. The second kappa shape index (κ2) is 6.00. The third-order valence-corrected chi connectivity index (χ3v) is 2.83. The van der Waals surface area contributed by atoms with Crippen molar-refractivity contribution in [1.82, 2.24) is 4.57 Å². The van der Waals surface area contributed by atoms with Gasteiger partial charge in [0, 0.05) is 17.3 Å². The minimum Gasteiger partial charge on any atom is -0.325 e. The Morgan fingerprint density at radius 2 is 2.00 bits per heavy atom. The van der Waals surface area contributed by atoms with Gasteiger partial charge in [0.1, 0.15) is 6.54 Å². The monoisotopic (exact) mass is 287 g/mol. The van der Waals surface area contributed by atoms with E-state index in [1.54, 1.807) is 24.3 Å². The summed E-state index contributed by atoms with van der Waals surface area (Å²) in [7, 11) is 0. The number of aryl methyl sites for hydroxylation is 1. The molecule has 0 aliphatic heterocycles. The summed E-state index contributed by atoms with van der Waals surface area (Å²) in [6.45, 7) is 1.19. The Morgan fingerprint density at radius 3 is 2.62 bits per heavy atom. The Labute approximate surface area is 120 Å². The fourth-order valence-electron chi connectivity index (χ4n) is 1.86. The quantitative estimate of drug-likeness (QED) is 0.684. The van der Waals surface area contributed by atoms with Crippen molar-refractivity contribution in [2.75, 3.05) is 5.32 Å². The van der Waals surface area contributed by atoms with Gasteiger partial charge in [-0.2, -0.15) is 0 Å². The zero-order valence-corrected chi connectivity index (χ0v) is 11.3. The van der Waals surface area contributed by atoms with Crippen molar-refractivity contribution in [3.05, 3.63) is 68.6 Å². The molecule has 0 saturated heterocycles. The molecule has 21 heavy (non-hydrogen) atoms. The zero-order chi connectivity index (χ0) is 15.4. The number of hydrogen-bond donors (Lipinski definition) is 1. The van der Waals surface area contributed by atoms with Crippen molar-refractivity contribution in [2.45, 2.75) is 13.5 Å². The highest BCUT2D eigenvalue weighted by Crippen LogP contribution is 2.10. The normalized spacial score (nSPS) is 10.1. The highest BCUT2D eigenvalue weighted by Gasteiger charge is 2.13. The van der Waals surface area contributed by atoms with E-state index in [-0.39, 0.29) is 17.8 Å². The predicted molar refractivity (Wildman–Crippen MR) is 77.2 cm³/mol. The van der Waals surface area contributed by atoms with Crippen LogP contribution in [-0.4, -0.2) is 15.4 Å². The lowest BCUT2D eigenvalue weighted by Crippen LogP contribution is -2.28. The maximum absolute atomic E-state index is 11.9. The molecule has 0 spiro atoms. The standard InChI is InChI=1S/C14H13N3O4/c1-10-7-12(17(20)21)8-16(14(10)19)9-13(18)15-11-5-3-2-4-6-11/h2-8H,9H2,1H3,(H,15,18). The number of para-hydroxylation sites is 1. The molecule has 0 bridgehead atoms. The zero-order valence-electron chi connectivity index (χ0n) is 11.3. The smallest absolute Gasteiger partial charge is 0.286 e. The van der Waals surface area contributed by atoms with Crippen molar-refractivity contribution >= 4 is 17.3 Å².